The van der Waals surface area contributed by atoms with Crippen LogP contribution < -0.4 is 0 Å². The molecule has 0 spiro atoms. The number of hydrogen-bond donors (Lipinski definition) is 1. The van der Waals surface area contributed by atoms with Gasteiger partial charge < -0.3 is 5.11 Å². The molecule has 0 amide bonds. The minimum absolute atomic E-state index is 0.188. The molecule has 2 saturated carbocycles. The predicted octanol–water partition coefficient (Wildman–Crippen LogP) is 6.07. The summed E-state index contributed by atoms with van der Waals surface area (Å²) in [6, 6.07) is 4.52. The molecule has 134 valence electrons. The highest BCUT2D eigenvalue weighted by Gasteiger charge is 2.57. The normalized spacial score (nSPS) is 45.9. The molecule has 0 aliphatic heterocycles. The molecule has 0 aromatic carbocycles. The van der Waals surface area contributed by atoms with Gasteiger partial charge in [-0.05, 0) is 90.5 Å². The second-order valence-electron chi connectivity index (χ2n) is 9.42. The molecule has 1 aromatic rings. The molecule has 0 radical (unpaired) electrons. The molecule has 4 aliphatic rings. The summed E-state index contributed by atoms with van der Waals surface area (Å²) < 4.78 is 0. The molecule has 2 heteroatoms. The van der Waals surface area contributed by atoms with Gasteiger partial charge in [-0.2, -0.15) is 0 Å². The van der Waals surface area contributed by atoms with Gasteiger partial charge in [-0.3, -0.25) is 0 Å². The summed E-state index contributed by atoms with van der Waals surface area (Å²) in [5, 5.41) is 12.3. The Hall–Kier alpha value is -0.860. The van der Waals surface area contributed by atoms with E-state index >= 15 is 0 Å². The van der Waals surface area contributed by atoms with Gasteiger partial charge in [0.2, 0.25) is 0 Å². The number of allylic oxidation sites excluding steroid dienone is 3. The fourth-order valence-electron chi connectivity index (χ4n) is 7.09. The van der Waals surface area contributed by atoms with Crippen molar-refractivity contribution in [1.82, 2.24) is 0 Å². The fourth-order valence-corrected chi connectivity index (χ4v) is 8.00. The molecular formula is C23H30OS. The minimum atomic E-state index is -0.188. The van der Waals surface area contributed by atoms with Crippen LogP contribution in [0.5, 0.6) is 0 Å². The van der Waals surface area contributed by atoms with Gasteiger partial charge in [0.1, 0.15) is 0 Å². The van der Waals surface area contributed by atoms with Crippen LogP contribution in [0.3, 0.4) is 0 Å². The van der Waals surface area contributed by atoms with Gasteiger partial charge in [-0.25, -0.2) is 0 Å². The van der Waals surface area contributed by atoms with Gasteiger partial charge in [0.05, 0.1) is 6.10 Å². The average molecular weight is 355 g/mol. The standard InChI is InChI=1S/C23H30OS/c1-22-11-9-16(24)14-15(22)5-6-17-18-7-8-20(21-4-3-13-25-21)23(18,2)12-10-19(17)22/h3-4,8,13-14,16-19,24H,5-7,9-12H2,1-2H3/t16-,17-,18-,19-,22-,23-/m0/s1. The average Bonchev–Trinajstić information content (AvgIpc) is 3.22. The van der Waals surface area contributed by atoms with Crippen LogP contribution in [-0.4, -0.2) is 11.2 Å². The van der Waals surface area contributed by atoms with E-state index in [-0.39, 0.29) is 6.10 Å². The molecule has 6 atom stereocenters. The predicted molar refractivity (Wildman–Crippen MR) is 105 cm³/mol. The van der Waals surface area contributed by atoms with Crippen molar-refractivity contribution in [3.05, 3.63) is 40.1 Å². The topological polar surface area (TPSA) is 20.2 Å². The minimum Gasteiger partial charge on any atom is -0.389 e. The second kappa shape index (κ2) is 5.57. The molecule has 1 heterocycles. The molecule has 1 N–H and O–H groups in total. The highest BCUT2D eigenvalue weighted by atomic mass is 32.1. The molecule has 0 bridgehead atoms. The summed E-state index contributed by atoms with van der Waals surface area (Å²) in [5.41, 5.74) is 3.98. The highest BCUT2D eigenvalue weighted by Crippen LogP contribution is 2.66. The summed E-state index contributed by atoms with van der Waals surface area (Å²) in [7, 11) is 0. The molecular weight excluding hydrogens is 324 g/mol. The van der Waals surface area contributed by atoms with Crippen molar-refractivity contribution in [3.63, 3.8) is 0 Å². The number of hydrogen-bond acceptors (Lipinski definition) is 2. The lowest BCUT2D eigenvalue weighted by atomic mass is 9.47. The van der Waals surface area contributed by atoms with Crippen molar-refractivity contribution in [2.45, 2.75) is 64.9 Å². The first-order chi connectivity index (χ1) is 12.0. The Morgan fingerprint density at radius 1 is 1.08 bits per heavy atom. The van der Waals surface area contributed by atoms with Gasteiger partial charge >= 0.3 is 0 Å². The van der Waals surface area contributed by atoms with E-state index in [1.807, 2.05) is 11.3 Å². The molecule has 4 aliphatic carbocycles. The van der Waals surface area contributed by atoms with E-state index in [4.69, 9.17) is 0 Å². The summed E-state index contributed by atoms with van der Waals surface area (Å²) in [5.74, 6) is 2.52. The Morgan fingerprint density at radius 3 is 2.72 bits per heavy atom. The first kappa shape index (κ1) is 16.3. The fraction of sp³-hybridized carbons (Fsp3) is 0.652. The maximum Gasteiger partial charge on any atom is 0.0724 e. The van der Waals surface area contributed by atoms with Crippen LogP contribution in [0.2, 0.25) is 0 Å². The second-order valence-corrected chi connectivity index (χ2v) is 10.4. The van der Waals surface area contributed by atoms with E-state index in [0.29, 0.717) is 10.8 Å². The molecule has 1 aromatic heterocycles. The van der Waals surface area contributed by atoms with Gasteiger partial charge in [0.15, 0.2) is 0 Å². The Morgan fingerprint density at radius 2 is 1.92 bits per heavy atom. The first-order valence-corrected chi connectivity index (χ1v) is 11.0. The number of aliphatic hydroxyl groups excluding tert-OH is 1. The number of thiophene rings is 1. The van der Waals surface area contributed by atoms with E-state index in [1.165, 1.54) is 43.4 Å². The third kappa shape index (κ3) is 2.23. The van der Waals surface area contributed by atoms with E-state index in [2.05, 4.69) is 43.5 Å². The summed E-state index contributed by atoms with van der Waals surface area (Å²) in [6.45, 7) is 5.08. The molecule has 0 unspecified atom stereocenters. The van der Waals surface area contributed by atoms with Crippen molar-refractivity contribution < 1.29 is 5.11 Å². The molecule has 25 heavy (non-hydrogen) atoms. The van der Waals surface area contributed by atoms with Crippen molar-refractivity contribution in [1.29, 1.82) is 0 Å². The quantitative estimate of drug-likeness (QED) is 0.607. The van der Waals surface area contributed by atoms with Crippen LogP contribution in [0.1, 0.15) is 63.7 Å². The van der Waals surface area contributed by atoms with Crippen molar-refractivity contribution in [2.75, 3.05) is 0 Å². The summed E-state index contributed by atoms with van der Waals surface area (Å²) >= 11 is 1.92. The molecule has 2 fully saturated rings. The molecule has 0 saturated heterocycles. The lowest BCUT2D eigenvalue weighted by Gasteiger charge is -2.58. The Balaban J connectivity index is 1.48. The zero-order valence-electron chi connectivity index (χ0n) is 15.5. The number of rotatable bonds is 1. The largest absolute Gasteiger partial charge is 0.389 e. The lowest BCUT2D eigenvalue weighted by molar-refractivity contribution is -0.0281. The summed E-state index contributed by atoms with van der Waals surface area (Å²) in [6.07, 6.45) is 13.3. The van der Waals surface area contributed by atoms with Crippen molar-refractivity contribution in [3.8, 4) is 0 Å². The smallest absolute Gasteiger partial charge is 0.0724 e. The Labute approximate surface area is 155 Å². The number of aliphatic hydroxyl groups is 1. The first-order valence-electron chi connectivity index (χ1n) is 10.2. The molecule has 5 rings (SSSR count). The zero-order valence-corrected chi connectivity index (χ0v) is 16.3. The highest BCUT2D eigenvalue weighted by molar-refractivity contribution is 7.11. The molecule has 1 nitrogen and oxygen atoms in total. The van der Waals surface area contributed by atoms with Crippen LogP contribution in [0.25, 0.3) is 5.57 Å². The van der Waals surface area contributed by atoms with E-state index < -0.39 is 0 Å². The SMILES string of the molecule is C[C@]12CC[C@H](O)C=C1CC[C@@H]1[C@@H]2CC[C@]2(C)C(c3cccs3)=CC[C@@H]12. The van der Waals surface area contributed by atoms with Gasteiger partial charge in [0.25, 0.3) is 0 Å². The zero-order chi connectivity index (χ0) is 17.2. The Bertz CT molecular complexity index is 729. The Kier molecular flexibility index (Phi) is 3.63. The lowest BCUT2D eigenvalue weighted by Crippen LogP contribution is -2.50. The maximum absolute atomic E-state index is 10.1. The van der Waals surface area contributed by atoms with E-state index in [0.717, 1.165) is 24.2 Å². The van der Waals surface area contributed by atoms with Crippen LogP contribution in [-0.2, 0) is 0 Å². The van der Waals surface area contributed by atoms with Crippen molar-refractivity contribution in [2.24, 2.45) is 28.6 Å². The summed E-state index contributed by atoms with van der Waals surface area (Å²) in [4.78, 5) is 1.51. The van der Waals surface area contributed by atoms with Gasteiger partial charge in [-0.15, -0.1) is 11.3 Å². The number of fused-ring (bicyclic) bond motifs is 5. The van der Waals surface area contributed by atoms with Gasteiger partial charge in [-0.1, -0.05) is 37.6 Å². The maximum atomic E-state index is 10.1. The van der Waals surface area contributed by atoms with Crippen LogP contribution in [0.15, 0.2) is 35.2 Å². The van der Waals surface area contributed by atoms with E-state index in [1.54, 1.807) is 11.1 Å². The monoisotopic (exact) mass is 354 g/mol. The van der Waals surface area contributed by atoms with Crippen LogP contribution in [0.4, 0.5) is 0 Å². The van der Waals surface area contributed by atoms with Crippen molar-refractivity contribution >= 4 is 16.9 Å². The van der Waals surface area contributed by atoms with Gasteiger partial charge in [0, 0.05) is 4.88 Å². The van der Waals surface area contributed by atoms with E-state index in [9.17, 15) is 5.11 Å². The van der Waals surface area contributed by atoms with Crippen LogP contribution in [0, 0.1) is 28.6 Å². The third-order valence-electron chi connectivity index (χ3n) is 8.46. The third-order valence-corrected chi connectivity index (χ3v) is 9.36. The van der Waals surface area contributed by atoms with Crippen LogP contribution >= 0.6 is 11.3 Å².